The monoisotopic (exact) mass is 507 g/mol. The van der Waals surface area contributed by atoms with Crippen LogP contribution in [0.25, 0.3) is 10.9 Å². The number of benzene rings is 3. The fraction of sp³-hybridized carbons (Fsp3) is 0.222. The summed E-state index contributed by atoms with van der Waals surface area (Å²) in [7, 11) is 1.58. The first-order valence-corrected chi connectivity index (χ1v) is 11.6. The molecule has 0 aliphatic carbocycles. The molecule has 4 rings (SSSR count). The van der Waals surface area contributed by atoms with Gasteiger partial charge in [-0.1, -0.05) is 42.5 Å². The van der Waals surface area contributed by atoms with Crippen molar-refractivity contribution >= 4 is 22.7 Å². The van der Waals surface area contributed by atoms with Crippen molar-refractivity contribution in [3.05, 3.63) is 106 Å². The van der Waals surface area contributed by atoms with E-state index in [4.69, 9.17) is 14.2 Å². The number of ether oxygens (including phenoxy) is 3. The number of carbonyl (C=O) groups is 1. The summed E-state index contributed by atoms with van der Waals surface area (Å²) in [6.45, 7) is 0.829. The van der Waals surface area contributed by atoms with Crippen LogP contribution in [0.5, 0.6) is 5.75 Å². The second kappa shape index (κ2) is 12.0. The number of fused-ring (bicyclic) bond motifs is 1. The second-order valence-corrected chi connectivity index (χ2v) is 8.26. The van der Waals surface area contributed by atoms with Gasteiger partial charge >= 0.3 is 6.09 Å². The van der Waals surface area contributed by atoms with E-state index in [0.29, 0.717) is 35.4 Å². The highest BCUT2D eigenvalue weighted by Crippen LogP contribution is 2.32. The fourth-order valence-corrected chi connectivity index (χ4v) is 3.95. The van der Waals surface area contributed by atoms with Crippen molar-refractivity contribution in [1.82, 2.24) is 4.98 Å². The van der Waals surface area contributed by atoms with Gasteiger partial charge in [0, 0.05) is 41.6 Å². The Morgan fingerprint density at radius 3 is 2.68 bits per heavy atom. The largest absolute Gasteiger partial charge is 0.491 e. The average molecular weight is 508 g/mol. The number of halogens is 1. The molecule has 1 atom stereocenters. The van der Waals surface area contributed by atoms with E-state index >= 15 is 4.39 Å². The Kier molecular flexibility index (Phi) is 8.32. The standard InChI is InChI=1S/C27H26FN3O6/c1-35-12-13-36-20-10-11-21-22(16-29-24(21)15-20)25(31(33)34)14-19-8-5-9-23(26(19)28)30-27(32)37-17-18-6-3-2-4-7-18/h2-11,15-16,25,29H,12-14,17H2,1H3,(H,30,32). The highest BCUT2D eigenvalue weighted by molar-refractivity contribution is 5.85. The number of amides is 1. The fourth-order valence-electron chi connectivity index (χ4n) is 3.95. The molecule has 0 bridgehead atoms. The van der Waals surface area contributed by atoms with Gasteiger partial charge in [0.15, 0.2) is 0 Å². The molecule has 0 radical (unpaired) electrons. The highest BCUT2D eigenvalue weighted by atomic mass is 19.1. The Balaban J connectivity index is 1.49. The van der Waals surface area contributed by atoms with Crippen molar-refractivity contribution in [3.8, 4) is 5.75 Å². The number of nitro groups is 1. The van der Waals surface area contributed by atoms with Gasteiger partial charge in [0.25, 0.3) is 0 Å². The second-order valence-electron chi connectivity index (χ2n) is 8.26. The number of aromatic nitrogens is 1. The lowest BCUT2D eigenvalue weighted by atomic mass is 9.98. The molecule has 2 N–H and O–H groups in total. The van der Waals surface area contributed by atoms with Gasteiger partial charge in [0.05, 0.1) is 17.9 Å². The normalized spacial score (nSPS) is 11.7. The van der Waals surface area contributed by atoms with Crippen molar-refractivity contribution in [1.29, 1.82) is 0 Å². The predicted molar refractivity (Wildman–Crippen MR) is 136 cm³/mol. The summed E-state index contributed by atoms with van der Waals surface area (Å²) in [6.07, 6.45) is 0.510. The van der Waals surface area contributed by atoms with Crippen LogP contribution >= 0.6 is 0 Å². The van der Waals surface area contributed by atoms with Crippen LogP contribution < -0.4 is 10.1 Å². The summed E-state index contributed by atoms with van der Waals surface area (Å²) in [5.74, 6) is -0.153. The van der Waals surface area contributed by atoms with Gasteiger partial charge in [-0.3, -0.25) is 15.4 Å². The first-order valence-electron chi connectivity index (χ1n) is 11.6. The molecule has 0 aliphatic rings. The van der Waals surface area contributed by atoms with Crippen LogP contribution in [0.1, 0.15) is 22.7 Å². The van der Waals surface area contributed by atoms with E-state index in [2.05, 4.69) is 10.3 Å². The zero-order chi connectivity index (χ0) is 26.2. The third-order valence-electron chi connectivity index (χ3n) is 5.80. The van der Waals surface area contributed by atoms with Crippen LogP contribution in [-0.4, -0.2) is 36.3 Å². The van der Waals surface area contributed by atoms with Gasteiger partial charge < -0.3 is 19.2 Å². The number of H-pyrrole nitrogens is 1. The van der Waals surface area contributed by atoms with E-state index in [1.165, 1.54) is 18.2 Å². The molecule has 4 aromatic rings. The number of nitrogens with one attached hydrogen (secondary N) is 2. The van der Waals surface area contributed by atoms with Crippen LogP contribution in [0.2, 0.25) is 0 Å². The van der Waals surface area contributed by atoms with Crippen molar-refractivity contribution in [2.75, 3.05) is 25.6 Å². The number of methoxy groups -OCH3 is 1. The molecule has 10 heteroatoms. The summed E-state index contributed by atoms with van der Waals surface area (Å²) in [4.78, 5) is 26.8. The van der Waals surface area contributed by atoms with E-state index in [1.54, 1.807) is 43.6 Å². The maximum absolute atomic E-state index is 15.2. The molecule has 0 aliphatic heterocycles. The zero-order valence-electron chi connectivity index (χ0n) is 20.1. The molecule has 0 saturated carbocycles. The molecule has 9 nitrogen and oxygen atoms in total. The van der Waals surface area contributed by atoms with Crippen LogP contribution in [0, 0.1) is 15.9 Å². The molecule has 37 heavy (non-hydrogen) atoms. The van der Waals surface area contributed by atoms with Crippen LogP contribution in [0.15, 0.2) is 72.9 Å². The first-order chi connectivity index (χ1) is 18.0. The molecular formula is C27H26FN3O6. The smallest absolute Gasteiger partial charge is 0.412 e. The quantitative estimate of drug-likeness (QED) is 0.154. The Hall–Kier alpha value is -4.44. The van der Waals surface area contributed by atoms with Crippen LogP contribution in [0.3, 0.4) is 0 Å². The van der Waals surface area contributed by atoms with Crippen molar-refractivity contribution < 1.29 is 28.3 Å². The number of rotatable bonds is 11. The van der Waals surface area contributed by atoms with Crippen molar-refractivity contribution in [3.63, 3.8) is 0 Å². The summed E-state index contributed by atoms with van der Waals surface area (Å²) >= 11 is 0. The molecule has 1 amide bonds. The summed E-state index contributed by atoms with van der Waals surface area (Å²) in [6, 6.07) is 17.4. The minimum absolute atomic E-state index is 0.0249. The third-order valence-corrected chi connectivity index (χ3v) is 5.80. The Morgan fingerprint density at radius 1 is 1.11 bits per heavy atom. The number of aromatic amines is 1. The van der Waals surface area contributed by atoms with Gasteiger partial charge in [-0.15, -0.1) is 0 Å². The van der Waals surface area contributed by atoms with Crippen LogP contribution in [0.4, 0.5) is 14.9 Å². The Bertz CT molecular complexity index is 1380. The molecule has 0 spiro atoms. The predicted octanol–water partition coefficient (Wildman–Crippen LogP) is 5.64. The van der Waals surface area contributed by atoms with E-state index in [9.17, 15) is 14.9 Å². The number of nitrogens with zero attached hydrogens (tertiary/aromatic N) is 1. The summed E-state index contributed by atoms with van der Waals surface area (Å²) < 4.78 is 31.0. The van der Waals surface area contributed by atoms with Gasteiger partial charge in [0.1, 0.15) is 24.8 Å². The van der Waals surface area contributed by atoms with Gasteiger partial charge in [-0.25, -0.2) is 9.18 Å². The molecule has 1 heterocycles. The summed E-state index contributed by atoms with van der Waals surface area (Å²) in [5, 5.41) is 15.0. The lowest BCUT2D eigenvalue weighted by molar-refractivity contribution is -0.528. The minimum atomic E-state index is -1.22. The highest BCUT2D eigenvalue weighted by Gasteiger charge is 2.28. The molecular weight excluding hydrogens is 481 g/mol. The first kappa shape index (κ1) is 25.6. The molecule has 1 aromatic heterocycles. The topological polar surface area (TPSA) is 116 Å². The molecule has 192 valence electrons. The molecule has 0 fully saturated rings. The lowest BCUT2D eigenvalue weighted by Crippen LogP contribution is -2.17. The number of hydrogen-bond acceptors (Lipinski definition) is 6. The van der Waals surface area contributed by atoms with E-state index < -0.39 is 22.9 Å². The van der Waals surface area contributed by atoms with Gasteiger partial charge in [-0.2, -0.15) is 0 Å². The number of hydrogen-bond donors (Lipinski definition) is 2. The number of carbonyl (C=O) groups excluding carboxylic acids is 1. The Labute approximate surface area is 212 Å². The number of anilines is 1. The molecule has 1 unspecified atom stereocenters. The van der Waals surface area contributed by atoms with Crippen LogP contribution in [-0.2, 0) is 22.5 Å². The van der Waals surface area contributed by atoms with Gasteiger partial charge in [0.2, 0.25) is 6.04 Å². The average Bonchev–Trinajstić information content (AvgIpc) is 3.31. The zero-order valence-corrected chi connectivity index (χ0v) is 20.1. The van der Waals surface area contributed by atoms with Crippen molar-refractivity contribution in [2.45, 2.75) is 19.1 Å². The van der Waals surface area contributed by atoms with E-state index in [0.717, 1.165) is 5.56 Å². The SMILES string of the molecule is COCCOc1ccc2c(C(Cc3cccc(NC(=O)OCc4ccccc4)c3F)[N+](=O)[O-])c[nH]c2c1. The van der Waals surface area contributed by atoms with E-state index in [-0.39, 0.29) is 24.3 Å². The van der Waals surface area contributed by atoms with E-state index in [1.807, 2.05) is 18.2 Å². The minimum Gasteiger partial charge on any atom is -0.491 e. The maximum Gasteiger partial charge on any atom is 0.412 e. The molecule has 3 aromatic carbocycles. The maximum atomic E-state index is 15.2. The summed E-state index contributed by atoms with van der Waals surface area (Å²) in [5.41, 5.74) is 1.84. The van der Waals surface area contributed by atoms with Crippen molar-refractivity contribution in [2.24, 2.45) is 0 Å². The van der Waals surface area contributed by atoms with Gasteiger partial charge in [-0.05, 0) is 29.3 Å². The Morgan fingerprint density at radius 2 is 1.92 bits per heavy atom. The third kappa shape index (κ3) is 6.42. The lowest BCUT2D eigenvalue weighted by Gasteiger charge is -2.13. The molecule has 0 saturated heterocycles.